The maximum atomic E-state index is 15.2. The molecule has 0 radical (unpaired) electrons. The van der Waals surface area contributed by atoms with Gasteiger partial charge in [0.15, 0.2) is 10.8 Å². The lowest BCUT2D eigenvalue weighted by Gasteiger charge is -2.25. The second-order valence-corrected chi connectivity index (χ2v) is 39.2. The number of hydrogen-bond acceptors (Lipinski definition) is 19. The van der Waals surface area contributed by atoms with Gasteiger partial charge in [-0.15, -0.1) is 0 Å². The fourth-order valence-corrected chi connectivity index (χ4v) is 19.8. The van der Waals surface area contributed by atoms with Crippen LogP contribution >= 0.6 is 73.6 Å². The Bertz CT molecular complexity index is 3760. The van der Waals surface area contributed by atoms with E-state index in [0.29, 0.717) is 18.4 Å². The van der Waals surface area contributed by atoms with Crippen molar-refractivity contribution >= 4 is 131 Å². The summed E-state index contributed by atoms with van der Waals surface area (Å²) in [5.41, 5.74) is 9.17. The molecule has 17 N–H and O–H groups in total. The minimum atomic E-state index is -5.49. The molecule has 1 aliphatic heterocycles. The van der Waals surface area contributed by atoms with Gasteiger partial charge in [-0.05, 0) is 82.9 Å². The first-order valence-corrected chi connectivity index (χ1v) is 41.3. The highest BCUT2D eigenvalue weighted by Crippen LogP contribution is 2.62. The molecule has 4 atom stereocenters. The van der Waals surface area contributed by atoms with Crippen molar-refractivity contribution in [3.63, 3.8) is 0 Å². The van der Waals surface area contributed by atoms with Crippen molar-refractivity contribution < 1.29 is 91.3 Å². The Labute approximate surface area is 557 Å². The van der Waals surface area contributed by atoms with Crippen molar-refractivity contribution in [2.24, 2.45) is 16.5 Å². The Morgan fingerprint density at radius 1 is 0.585 bits per heavy atom. The van der Waals surface area contributed by atoms with Crippen LogP contribution in [-0.4, -0.2) is 152 Å². The number of rotatable bonds is 38. The van der Waals surface area contributed by atoms with Gasteiger partial charge in [-0.25, -0.2) is 0 Å². The second kappa shape index (κ2) is 34.4. The number of unbranched alkanes of at least 4 members (excludes halogenated alkanes) is 5. The Balaban J connectivity index is 1.74. The molecule has 2 aromatic rings. The Morgan fingerprint density at radius 2 is 1.01 bits per heavy atom. The van der Waals surface area contributed by atoms with Crippen molar-refractivity contribution in [1.29, 1.82) is 0 Å². The first kappa shape index (κ1) is 82.0. The number of nitrogens with one attached hydrogen (secondary N) is 4. The molecule has 0 bridgehead atoms. The summed E-state index contributed by atoms with van der Waals surface area (Å²) in [5.74, 6) is -7.07. The Kier molecular flexibility index (Phi) is 30.0. The number of amides is 6. The summed E-state index contributed by atoms with van der Waals surface area (Å²) in [7, 11) is -16.9. The van der Waals surface area contributed by atoms with Crippen LogP contribution in [0.15, 0.2) is 31.5 Å². The largest absolute Gasteiger partial charge is 0.494 e. The monoisotopic (exact) mass is 1480 g/mol. The number of carbonyl (C=O) groups is 6. The minimum absolute atomic E-state index is 0.0308. The quantitative estimate of drug-likeness (QED) is 0.0131. The zero-order valence-corrected chi connectivity index (χ0v) is 60.3. The first-order valence-electron chi connectivity index (χ1n) is 29.9. The average Bonchev–Trinajstić information content (AvgIpc) is 0.696. The van der Waals surface area contributed by atoms with E-state index in [1.165, 1.54) is 55.3 Å². The third-order valence-corrected chi connectivity index (χ3v) is 28.5. The van der Waals surface area contributed by atoms with Gasteiger partial charge in [0, 0.05) is 56.5 Å². The molecule has 39 heteroatoms. The lowest BCUT2D eigenvalue weighted by molar-refractivity contribution is -0.128. The molecule has 2 aliphatic rings. The number of benzene rings is 2. The first-order chi connectivity index (χ1) is 43.2. The number of carbonyl (C=O) groups excluding carboxylic acids is 6. The van der Waals surface area contributed by atoms with E-state index in [2.05, 4.69) is 21.3 Å². The van der Waals surface area contributed by atoms with Crippen LogP contribution < -0.4 is 54.8 Å². The summed E-state index contributed by atoms with van der Waals surface area (Å²) >= 11 is 0. The van der Waals surface area contributed by atoms with E-state index in [0.717, 1.165) is 22.0 Å². The molecular weight excluding hydrogens is 1390 g/mol. The number of hydrogen-bond donors (Lipinski definition) is 15. The predicted molar refractivity (Wildman–Crippen MR) is 364 cm³/mol. The van der Waals surface area contributed by atoms with E-state index in [1.807, 2.05) is 48.5 Å². The normalized spacial score (nSPS) is 14.5. The number of pyridine rings is 2. The smallest absolute Gasteiger partial charge is 0.341 e. The number of nitrogens with two attached hydrogens (primary N) is 2. The molecular formula is C55H87N9O22P4S4. The highest BCUT2D eigenvalue weighted by Gasteiger charge is 2.46. The maximum absolute atomic E-state index is 15.2. The van der Waals surface area contributed by atoms with E-state index in [1.54, 1.807) is 13.8 Å². The van der Waals surface area contributed by atoms with Gasteiger partial charge in [-0.1, -0.05) is 111 Å². The van der Waals surface area contributed by atoms with E-state index in [4.69, 9.17) is 16.5 Å². The molecule has 31 nitrogen and oxygen atoms in total. The van der Waals surface area contributed by atoms with Gasteiger partial charge in [0.2, 0.25) is 41.3 Å². The standard InChI is InChI=1S/C55H87N9O22P4S4/c1-10-11-12-13-18-30-23-31-44-43-32(51(72)63(52(73)42(30)43)36(46(56)67)19-14-16-21-58-48(69)34(27-91-93-54(4,5)6)61-38(65)25-40(87(75,76)77)88(78,79)80)24-33(60-29(2)3)45(44)53(74)64(50(31)71)37(47(57)68)20-15-17-22-59-49(70)35(28-92-94-55(7,8)9)62-39(66)26-41(89(81,82)83)90(84,85)86/h23-24,29,34-37,40-41,71H,10-22,25-28H2,1-9H3,(H2,56,67)(H2,57,68)(H,58,69)(H,59,70)(H,61,65)(H,62,66)(H2,75,76,77)(H2,78,79,80)(H2,81,82,83)(H2,84,85,86)/t34-,35-,36-,37-/m0/s1. The Morgan fingerprint density at radius 3 is 1.40 bits per heavy atom. The summed E-state index contributed by atoms with van der Waals surface area (Å²) < 4.78 is 48.5. The van der Waals surface area contributed by atoms with Crippen molar-refractivity contribution in [3.05, 3.63) is 54.1 Å². The molecule has 0 unspecified atom stereocenters. The number of primary amides is 2. The van der Waals surface area contributed by atoms with Crippen molar-refractivity contribution in [2.75, 3.05) is 24.6 Å². The second-order valence-electron chi connectivity index (χ2n) is 24.9. The van der Waals surface area contributed by atoms with E-state index >= 15 is 14.4 Å². The highest BCUT2D eigenvalue weighted by atomic mass is 33.1. The fraction of sp³-hybridized carbons (Fsp3) is 0.636. The van der Waals surface area contributed by atoms with E-state index < -0.39 is 142 Å². The molecule has 1 aromatic carbocycles. The molecule has 2 heterocycles. The van der Waals surface area contributed by atoms with Crippen molar-refractivity contribution in [1.82, 2.24) is 30.4 Å². The van der Waals surface area contributed by atoms with Crippen LogP contribution in [0.3, 0.4) is 0 Å². The zero-order valence-electron chi connectivity index (χ0n) is 53.5. The average molecular weight is 1480 g/mol. The van der Waals surface area contributed by atoms with Gasteiger partial charge in [-0.3, -0.25) is 75.5 Å². The summed E-state index contributed by atoms with van der Waals surface area (Å²) in [4.78, 5) is 207. The van der Waals surface area contributed by atoms with Crippen LogP contribution in [0.2, 0.25) is 0 Å². The number of aryl methyl sites for hydroxylation is 1. The molecule has 0 saturated carbocycles. The lowest BCUT2D eigenvalue weighted by atomic mass is 9.86. The van der Waals surface area contributed by atoms with Gasteiger partial charge >= 0.3 is 30.4 Å². The topological polar surface area (TPSA) is 526 Å². The van der Waals surface area contributed by atoms with Crippen LogP contribution in [0.5, 0.6) is 5.88 Å². The van der Waals surface area contributed by atoms with Crippen LogP contribution in [-0.2, 0) is 53.4 Å². The SMILES string of the molecule is CCCCCCc1cc2c(O)n([C@@H](CCCCNC(=O)[C@H](CSSC(C)(C)C)NC(=O)CC(P(=O)(O)O)P(=O)(O)O)C(N)=O)c(=O)c3c(=NC(C)C)cc4c(=O)n([C@@H](CCCCNC(=O)[C@H](CSSC(C)(C)C)NC(=O)CC(P(=O)(O)O)P(=O)(O)O)C(N)=O)c(=O)c1c-4c23. The third kappa shape index (κ3) is 23.4. The molecule has 4 rings (SSSR count). The van der Waals surface area contributed by atoms with Gasteiger partial charge in [0.1, 0.15) is 24.2 Å². The molecule has 6 amide bonds. The van der Waals surface area contributed by atoms with Crippen LogP contribution in [0.25, 0.3) is 32.7 Å². The number of aromatic nitrogens is 2. The van der Waals surface area contributed by atoms with Gasteiger partial charge < -0.3 is 77.0 Å². The molecule has 0 saturated heterocycles. The maximum Gasteiger partial charge on any atom is 0.341 e. The van der Waals surface area contributed by atoms with Crippen LogP contribution in [0, 0.1) is 0 Å². The zero-order chi connectivity index (χ0) is 71.4. The van der Waals surface area contributed by atoms with Crippen molar-refractivity contribution in [2.45, 2.75) is 196 Å². The van der Waals surface area contributed by atoms with Gasteiger partial charge in [0.25, 0.3) is 16.7 Å². The number of nitrogens with zero attached hydrogens (tertiary/aromatic N) is 3. The summed E-state index contributed by atoms with van der Waals surface area (Å²) in [6.45, 7) is 16.4. The highest BCUT2D eigenvalue weighted by molar-refractivity contribution is 8.77. The lowest BCUT2D eigenvalue weighted by Crippen LogP contribution is -2.49. The summed E-state index contributed by atoms with van der Waals surface area (Å²) in [6.07, 6.45) is 0.171. The van der Waals surface area contributed by atoms with Crippen molar-refractivity contribution in [3.8, 4) is 17.0 Å². The van der Waals surface area contributed by atoms with E-state index in [-0.39, 0.29) is 117 Å². The summed E-state index contributed by atoms with van der Waals surface area (Å²) in [6, 6.07) is -3.69. The van der Waals surface area contributed by atoms with Crippen LogP contribution in [0.1, 0.15) is 157 Å². The molecule has 0 spiro atoms. The molecule has 528 valence electrons. The molecule has 94 heavy (non-hydrogen) atoms. The molecule has 1 aliphatic carbocycles. The predicted octanol–water partition coefficient (Wildman–Crippen LogP) is 3.89. The minimum Gasteiger partial charge on any atom is -0.494 e. The molecule has 0 fully saturated rings. The Hall–Kier alpha value is -4.40. The van der Waals surface area contributed by atoms with Crippen LogP contribution in [0.4, 0.5) is 0 Å². The van der Waals surface area contributed by atoms with E-state index in [9.17, 15) is 91.3 Å². The third-order valence-electron chi connectivity index (χ3n) is 14.3. The summed E-state index contributed by atoms with van der Waals surface area (Å²) in [5, 5.41) is 16.5. The van der Waals surface area contributed by atoms with Gasteiger partial charge in [-0.2, -0.15) is 0 Å². The fourth-order valence-electron chi connectivity index (χ4n) is 10.1. The van der Waals surface area contributed by atoms with Gasteiger partial charge in [0.05, 0.1) is 34.5 Å². The number of aromatic hydroxyl groups is 1. The molecule has 1 aromatic heterocycles.